The standard InChI is InChI=1S/C12H20N6O2S/c1-9(8-17(2)3)16-21(19,20)12-11(15-13)14-10-6-4-5-7-18(10)12/h4-7,9,15-16H,8,13H2,1-3H3. The topological polar surface area (TPSA) is 105 Å². The first-order valence-electron chi connectivity index (χ1n) is 6.46. The lowest BCUT2D eigenvalue weighted by Gasteiger charge is -2.18. The van der Waals surface area contributed by atoms with Crippen molar-refractivity contribution in [2.24, 2.45) is 5.84 Å². The monoisotopic (exact) mass is 312 g/mol. The Balaban J connectivity index is 2.44. The van der Waals surface area contributed by atoms with E-state index in [1.807, 2.05) is 19.0 Å². The number of hydrazine groups is 1. The molecule has 2 aromatic rings. The number of hydrogen-bond acceptors (Lipinski definition) is 6. The average molecular weight is 312 g/mol. The van der Waals surface area contributed by atoms with Crippen LogP contribution in [0.2, 0.25) is 0 Å². The van der Waals surface area contributed by atoms with Crippen LogP contribution in [0.5, 0.6) is 0 Å². The van der Waals surface area contributed by atoms with Crippen LogP contribution in [-0.2, 0) is 10.0 Å². The number of nitrogens with one attached hydrogen (secondary N) is 2. The third kappa shape index (κ3) is 3.32. The second-order valence-corrected chi connectivity index (χ2v) is 6.75. The number of anilines is 1. The van der Waals surface area contributed by atoms with Gasteiger partial charge in [0, 0.05) is 18.8 Å². The molecule has 2 aromatic heterocycles. The molecule has 116 valence electrons. The maximum Gasteiger partial charge on any atom is 0.260 e. The molecule has 0 amide bonds. The number of rotatable bonds is 6. The van der Waals surface area contributed by atoms with E-state index in [1.54, 1.807) is 31.3 Å². The van der Waals surface area contributed by atoms with Gasteiger partial charge in [-0.15, -0.1) is 0 Å². The van der Waals surface area contributed by atoms with Crippen LogP contribution < -0.4 is 16.0 Å². The quantitative estimate of drug-likeness (QED) is 0.506. The summed E-state index contributed by atoms with van der Waals surface area (Å²) >= 11 is 0. The van der Waals surface area contributed by atoms with Crippen molar-refractivity contribution >= 4 is 21.5 Å². The average Bonchev–Trinajstić information content (AvgIpc) is 2.75. The number of pyridine rings is 1. The predicted octanol–water partition coefficient (Wildman–Crippen LogP) is -0.152. The van der Waals surface area contributed by atoms with Crippen LogP contribution in [0.3, 0.4) is 0 Å². The lowest BCUT2D eigenvalue weighted by molar-refractivity contribution is 0.370. The Morgan fingerprint density at radius 3 is 2.76 bits per heavy atom. The highest BCUT2D eigenvalue weighted by atomic mass is 32.2. The van der Waals surface area contributed by atoms with E-state index in [0.717, 1.165) is 0 Å². The molecule has 2 rings (SSSR count). The van der Waals surface area contributed by atoms with E-state index >= 15 is 0 Å². The van der Waals surface area contributed by atoms with Crippen LogP contribution in [-0.4, -0.2) is 49.4 Å². The van der Waals surface area contributed by atoms with Crippen molar-refractivity contribution in [3.05, 3.63) is 24.4 Å². The summed E-state index contributed by atoms with van der Waals surface area (Å²) in [5.74, 6) is 5.51. The smallest absolute Gasteiger partial charge is 0.260 e. The molecule has 2 heterocycles. The van der Waals surface area contributed by atoms with Crippen LogP contribution in [0.1, 0.15) is 6.92 Å². The lowest BCUT2D eigenvalue weighted by atomic mass is 10.3. The van der Waals surface area contributed by atoms with E-state index < -0.39 is 10.0 Å². The summed E-state index contributed by atoms with van der Waals surface area (Å²) < 4.78 is 29.3. The molecule has 0 saturated carbocycles. The molecule has 0 radical (unpaired) electrons. The minimum atomic E-state index is -3.75. The molecule has 0 aliphatic heterocycles. The van der Waals surface area contributed by atoms with Crippen LogP contribution in [0, 0.1) is 0 Å². The van der Waals surface area contributed by atoms with Crippen molar-refractivity contribution in [1.29, 1.82) is 0 Å². The van der Waals surface area contributed by atoms with Crippen LogP contribution in [0.4, 0.5) is 5.82 Å². The van der Waals surface area contributed by atoms with Gasteiger partial charge in [-0.25, -0.2) is 24.0 Å². The Kier molecular flexibility index (Phi) is 4.47. The first-order chi connectivity index (χ1) is 9.85. The number of aromatic nitrogens is 2. The highest BCUT2D eigenvalue weighted by molar-refractivity contribution is 7.89. The van der Waals surface area contributed by atoms with Crippen molar-refractivity contribution in [1.82, 2.24) is 19.0 Å². The van der Waals surface area contributed by atoms with E-state index in [1.165, 1.54) is 4.40 Å². The molecular formula is C12H20N6O2S. The second-order valence-electron chi connectivity index (χ2n) is 5.12. The van der Waals surface area contributed by atoms with Gasteiger partial charge in [0.25, 0.3) is 10.0 Å². The number of sulfonamides is 1. The second kappa shape index (κ2) is 5.98. The predicted molar refractivity (Wildman–Crippen MR) is 81.3 cm³/mol. The Hall–Kier alpha value is -1.68. The number of fused-ring (bicyclic) bond motifs is 1. The summed E-state index contributed by atoms with van der Waals surface area (Å²) in [6.07, 6.45) is 1.63. The van der Waals surface area contributed by atoms with Crippen molar-refractivity contribution in [2.45, 2.75) is 18.0 Å². The molecule has 21 heavy (non-hydrogen) atoms. The molecule has 1 unspecified atom stereocenters. The van der Waals surface area contributed by atoms with Gasteiger partial charge in [0.15, 0.2) is 10.8 Å². The fourth-order valence-corrected chi connectivity index (χ4v) is 3.72. The summed E-state index contributed by atoms with van der Waals surface area (Å²) in [6, 6.07) is 4.98. The van der Waals surface area contributed by atoms with Crippen molar-refractivity contribution < 1.29 is 8.42 Å². The van der Waals surface area contributed by atoms with Gasteiger partial charge in [-0.3, -0.25) is 4.40 Å². The number of imidazole rings is 1. The normalized spacial score (nSPS) is 13.8. The van der Waals surface area contributed by atoms with Gasteiger partial charge in [-0.2, -0.15) is 0 Å². The molecule has 4 N–H and O–H groups in total. The molecular weight excluding hydrogens is 292 g/mol. The molecule has 0 fully saturated rings. The van der Waals surface area contributed by atoms with Gasteiger partial charge >= 0.3 is 0 Å². The van der Waals surface area contributed by atoms with Crippen LogP contribution >= 0.6 is 0 Å². The molecule has 1 atom stereocenters. The van der Waals surface area contributed by atoms with Gasteiger partial charge in [0.05, 0.1) is 0 Å². The number of nitrogen functional groups attached to an aromatic ring is 1. The Bertz CT molecular complexity index is 724. The fourth-order valence-electron chi connectivity index (χ4n) is 2.23. The van der Waals surface area contributed by atoms with Crippen molar-refractivity contribution in [3.63, 3.8) is 0 Å². The molecule has 0 spiro atoms. The highest BCUT2D eigenvalue weighted by Gasteiger charge is 2.26. The number of nitrogens with two attached hydrogens (primary N) is 1. The highest BCUT2D eigenvalue weighted by Crippen LogP contribution is 2.21. The number of likely N-dealkylation sites (N-methyl/N-ethyl adjacent to an activating group) is 1. The molecule has 0 saturated heterocycles. The minimum absolute atomic E-state index is 0.00575. The zero-order valence-corrected chi connectivity index (χ0v) is 13.1. The maximum atomic E-state index is 12.6. The maximum absolute atomic E-state index is 12.6. The Labute approximate surface area is 124 Å². The van der Waals surface area contributed by atoms with Crippen LogP contribution in [0.15, 0.2) is 29.4 Å². The Morgan fingerprint density at radius 2 is 2.14 bits per heavy atom. The van der Waals surface area contributed by atoms with E-state index in [0.29, 0.717) is 12.2 Å². The summed E-state index contributed by atoms with van der Waals surface area (Å²) in [5.41, 5.74) is 2.85. The van der Waals surface area contributed by atoms with Gasteiger partial charge in [-0.05, 0) is 33.2 Å². The SMILES string of the molecule is CC(CN(C)C)NS(=O)(=O)c1c(NN)nc2ccccn12. The molecule has 9 heteroatoms. The largest absolute Gasteiger partial charge is 0.308 e. The van der Waals surface area contributed by atoms with Gasteiger partial charge < -0.3 is 10.3 Å². The molecule has 0 bridgehead atoms. The fraction of sp³-hybridized carbons (Fsp3) is 0.417. The molecule has 0 aromatic carbocycles. The van der Waals surface area contributed by atoms with E-state index in [-0.39, 0.29) is 16.9 Å². The van der Waals surface area contributed by atoms with E-state index in [2.05, 4.69) is 15.1 Å². The number of nitrogens with zero attached hydrogens (tertiary/aromatic N) is 3. The summed E-state index contributed by atoms with van der Waals surface area (Å²) in [4.78, 5) is 6.07. The van der Waals surface area contributed by atoms with E-state index in [4.69, 9.17) is 5.84 Å². The molecule has 0 aliphatic rings. The van der Waals surface area contributed by atoms with E-state index in [9.17, 15) is 8.42 Å². The first-order valence-corrected chi connectivity index (χ1v) is 7.94. The minimum Gasteiger partial charge on any atom is -0.308 e. The molecule has 8 nitrogen and oxygen atoms in total. The summed E-state index contributed by atoms with van der Waals surface area (Å²) in [6.45, 7) is 2.39. The Morgan fingerprint density at radius 1 is 1.43 bits per heavy atom. The molecule has 0 aliphatic carbocycles. The zero-order chi connectivity index (χ0) is 15.6. The van der Waals surface area contributed by atoms with Crippen molar-refractivity contribution in [3.8, 4) is 0 Å². The van der Waals surface area contributed by atoms with Crippen LogP contribution in [0.25, 0.3) is 5.65 Å². The van der Waals surface area contributed by atoms with Gasteiger partial charge in [0.2, 0.25) is 0 Å². The summed E-state index contributed by atoms with van der Waals surface area (Å²) in [7, 11) is 0.0118. The number of hydrogen-bond donors (Lipinski definition) is 3. The van der Waals surface area contributed by atoms with Gasteiger partial charge in [0.1, 0.15) is 5.65 Å². The van der Waals surface area contributed by atoms with Gasteiger partial charge in [-0.1, -0.05) is 6.07 Å². The third-order valence-corrected chi connectivity index (χ3v) is 4.48. The van der Waals surface area contributed by atoms with Crippen molar-refractivity contribution in [2.75, 3.05) is 26.1 Å². The summed E-state index contributed by atoms with van der Waals surface area (Å²) in [5, 5.41) is 0.00575. The first kappa shape index (κ1) is 15.7. The third-order valence-electron chi connectivity index (χ3n) is 2.87. The zero-order valence-electron chi connectivity index (χ0n) is 12.2. The lowest BCUT2D eigenvalue weighted by Crippen LogP contribution is -2.40.